The number of aryl methyl sites for hydroxylation is 2. The molecule has 0 aromatic carbocycles. The Labute approximate surface area is 122 Å². The molecule has 2 N–H and O–H groups in total. The van der Waals surface area contributed by atoms with Crippen molar-refractivity contribution in [2.45, 2.75) is 39.7 Å². The quantitative estimate of drug-likeness (QED) is 0.866. The van der Waals surface area contributed by atoms with Crippen molar-refractivity contribution in [3.63, 3.8) is 0 Å². The lowest BCUT2D eigenvalue weighted by molar-refractivity contribution is -0.139. The van der Waals surface area contributed by atoms with Gasteiger partial charge >= 0.3 is 5.97 Å². The molecule has 112 valence electrons. The lowest BCUT2D eigenvalue weighted by Gasteiger charge is -2.12. The summed E-state index contributed by atoms with van der Waals surface area (Å²) >= 11 is 0. The maximum Gasteiger partial charge on any atom is 0.326 e. The van der Waals surface area contributed by atoms with E-state index >= 15 is 0 Å². The number of carbonyl (C=O) groups is 2. The smallest absolute Gasteiger partial charge is 0.326 e. The highest BCUT2D eigenvalue weighted by atomic mass is 16.4. The first-order chi connectivity index (χ1) is 9.93. The van der Waals surface area contributed by atoms with Gasteiger partial charge in [0.05, 0.1) is 6.20 Å². The van der Waals surface area contributed by atoms with Crippen molar-refractivity contribution in [1.29, 1.82) is 0 Å². The Kier molecular flexibility index (Phi) is 4.21. The van der Waals surface area contributed by atoms with Gasteiger partial charge in [0.25, 0.3) is 5.91 Å². The van der Waals surface area contributed by atoms with Crippen LogP contribution in [0.15, 0.2) is 12.3 Å². The van der Waals surface area contributed by atoms with Crippen LogP contribution in [0.1, 0.15) is 41.5 Å². The zero-order chi connectivity index (χ0) is 15.6. The van der Waals surface area contributed by atoms with Gasteiger partial charge in [0, 0.05) is 11.4 Å². The van der Waals surface area contributed by atoms with Gasteiger partial charge in [0.2, 0.25) is 0 Å². The van der Waals surface area contributed by atoms with Crippen LogP contribution in [0.4, 0.5) is 0 Å². The van der Waals surface area contributed by atoms with E-state index in [-0.39, 0.29) is 5.56 Å². The van der Waals surface area contributed by atoms with Crippen LogP contribution >= 0.6 is 0 Å². The van der Waals surface area contributed by atoms with E-state index in [2.05, 4.69) is 15.4 Å². The molecule has 2 aromatic heterocycles. The number of carboxylic acid groups (broad SMARTS) is 1. The van der Waals surface area contributed by atoms with E-state index in [9.17, 15) is 9.59 Å². The van der Waals surface area contributed by atoms with Gasteiger partial charge in [-0.1, -0.05) is 13.3 Å². The van der Waals surface area contributed by atoms with Gasteiger partial charge in [-0.3, -0.25) is 4.79 Å². The molecule has 0 spiro atoms. The fourth-order valence-corrected chi connectivity index (χ4v) is 2.21. The Morgan fingerprint density at radius 1 is 1.43 bits per heavy atom. The highest BCUT2D eigenvalue weighted by Gasteiger charge is 2.22. The maximum absolute atomic E-state index is 12.3. The molecule has 0 aliphatic heterocycles. The Balaban J connectivity index is 2.33. The average molecular weight is 290 g/mol. The first kappa shape index (κ1) is 15.0. The van der Waals surface area contributed by atoms with E-state index in [4.69, 9.17) is 5.11 Å². The van der Waals surface area contributed by atoms with E-state index in [1.165, 1.54) is 6.20 Å². The number of aliphatic carboxylic acids is 1. The number of aromatic nitrogens is 3. The Bertz CT molecular complexity index is 693. The van der Waals surface area contributed by atoms with Crippen LogP contribution < -0.4 is 5.32 Å². The van der Waals surface area contributed by atoms with Crippen molar-refractivity contribution in [2.24, 2.45) is 0 Å². The van der Waals surface area contributed by atoms with Gasteiger partial charge in [0.1, 0.15) is 11.6 Å². The van der Waals surface area contributed by atoms with Crippen molar-refractivity contribution >= 4 is 17.5 Å². The molecule has 2 aromatic rings. The van der Waals surface area contributed by atoms with Crippen molar-refractivity contribution in [3.05, 3.63) is 29.2 Å². The predicted molar refractivity (Wildman–Crippen MR) is 76.3 cm³/mol. The molecule has 0 saturated heterocycles. The maximum atomic E-state index is 12.3. The van der Waals surface area contributed by atoms with Crippen molar-refractivity contribution < 1.29 is 14.7 Å². The van der Waals surface area contributed by atoms with Crippen LogP contribution in [0.25, 0.3) is 5.65 Å². The molecular weight excluding hydrogens is 272 g/mol. The number of carboxylic acids is 1. The van der Waals surface area contributed by atoms with Crippen molar-refractivity contribution in [2.75, 3.05) is 0 Å². The molecule has 0 aliphatic rings. The summed E-state index contributed by atoms with van der Waals surface area (Å²) in [6.07, 6.45) is 2.46. The van der Waals surface area contributed by atoms with E-state index in [0.717, 1.165) is 11.4 Å². The minimum atomic E-state index is -1.04. The Morgan fingerprint density at radius 2 is 2.14 bits per heavy atom. The normalized spacial score (nSPS) is 12.3. The topological polar surface area (TPSA) is 96.6 Å². The first-order valence-corrected chi connectivity index (χ1v) is 6.79. The second kappa shape index (κ2) is 5.90. The largest absolute Gasteiger partial charge is 0.480 e. The number of hydrogen-bond acceptors (Lipinski definition) is 4. The number of rotatable bonds is 5. The molecule has 7 nitrogen and oxygen atoms in total. The van der Waals surface area contributed by atoms with Gasteiger partial charge in [-0.2, -0.15) is 5.10 Å². The number of nitrogens with one attached hydrogen (secondary N) is 1. The standard InChI is InChI=1S/C14H18N4O3/c1-4-5-11(14(20)21)17-13(19)10-7-15-18-9(3)6-8(2)16-12(10)18/h6-7,11H,4-5H2,1-3H3,(H,17,19)(H,20,21)/t11-/m0/s1. The summed E-state index contributed by atoms with van der Waals surface area (Å²) in [7, 11) is 0. The van der Waals surface area contributed by atoms with Crippen LogP contribution in [-0.2, 0) is 4.79 Å². The zero-order valence-corrected chi connectivity index (χ0v) is 12.3. The van der Waals surface area contributed by atoms with Crippen molar-refractivity contribution in [3.8, 4) is 0 Å². The Hall–Kier alpha value is -2.44. The molecule has 1 amide bonds. The molecule has 0 fully saturated rings. The summed E-state index contributed by atoms with van der Waals surface area (Å²) in [6.45, 7) is 5.57. The third-order valence-corrected chi connectivity index (χ3v) is 3.20. The van der Waals surface area contributed by atoms with Crippen LogP contribution in [0.3, 0.4) is 0 Å². The highest BCUT2D eigenvalue weighted by molar-refractivity contribution is 6.01. The summed E-state index contributed by atoms with van der Waals surface area (Å²) < 4.78 is 1.57. The lowest BCUT2D eigenvalue weighted by atomic mass is 10.1. The number of carbonyl (C=O) groups excluding carboxylic acids is 1. The van der Waals surface area contributed by atoms with E-state index in [1.54, 1.807) is 4.52 Å². The fraction of sp³-hybridized carbons (Fsp3) is 0.429. The van der Waals surface area contributed by atoms with E-state index in [1.807, 2.05) is 26.8 Å². The summed E-state index contributed by atoms with van der Waals surface area (Å²) in [6, 6.07) is 0.960. The predicted octanol–water partition coefficient (Wildman–Crippen LogP) is 1.33. The Morgan fingerprint density at radius 3 is 2.76 bits per heavy atom. The summed E-state index contributed by atoms with van der Waals surface area (Å²) in [5.74, 6) is -1.51. The van der Waals surface area contributed by atoms with Gasteiger partial charge < -0.3 is 10.4 Å². The van der Waals surface area contributed by atoms with Crippen molar-refractivity contribution in [1.82, 2.24) is 19.9 Å². The van der Waals surface area contributed by atoms with Crippen LogP contribution in [0.2, 0.25) is 0 Å². The highest BCUT2D eigenvalue weighted by Crippen LogP contribution is 2.12. The van der Waals surface area contributed by atoms with Gasteiger partial charge in [-0.25, -0.2) is 14.3 Å². The van der Waals surface area contributed by atoms with Gasteiger partial charge in [-0.15, -0.1) is 0 Å². The molecule has 0 saturated carbocycles. The molecule has 21 heavy (non-hydrogen) atoms. The fourth-order valence-electron chi connectivity index (χ4n) is 2.21. The molecule has 0 unspecified atom stereocenters. The summed E-state index contributed by atoms with van der Waals surface area (Å²) in [5, 5.41) is 15.7. The van der Waals surface area contributed by atoms with Crippen LogP contribution in [-0.4, -0.2) is 37.6 Å². The zero-order valence-electron chi connectivity index (χ0n) is 12.3. The molecule has 7 heteroatoms. The molecule has 0 radical (unpaired) electrons. The molecule has 2 heterocycles. The second-order valence-corrected chi connectivity index (χ2v) is 4.99. The monoisotopic (exact) mass is 290 g/mol. The minimum absolute atomic E-state index is 0.282. The number of fused-ring (bicyclic) bond motifs is 1. The van der Waals surface area contributed by atoms with Gasteiger partial charge in [-0.05, 0) is 26.3 Å². The number of amides is 1. The summed E-state index contributed by atoms with van der Waals surface area (Å²) in [4.78, 5) is 27.7. The van der Waals surface area contributed by atoms with Gasteiger partial charge in [0.15, 0.2) is 5.65 Å². The van der Waals surface area contributed by atoms with E-state index in [0.29, 0.717) is 18.5 Å². The van der Waals surface area contributed by atoms with Crippen LogP contribution in [0.5, 0.6) is 0 Å². The molecule has 0 bridgehead atoms. The molecule has 2 rings (SSSR count). The third-order valence-electron chi connectivity index (χ3n) is 3.20. The first-order valence-electron chi connectivity index (χ1n) is 6.79. The second-order valence-electron chi connectivity index (χ2n) is 4.99. The molecular formula is C14H18N4O3. The lowest BCUT2D eigenvalue weighted by Crippen LogP contribution is -2.40. The minimum Gasteiger partial charge on any atom is -0.480 e. The third kappa shape index (κ3) is 3.01. The summed E-state index contributed by atoms with van der Waals surface area (Å²) in [5.41, 5.74) is 2.35. The molecule has 0 aliphatic carbocycles. The SMILES string of the molecule is CCC[C@H](NC(=O)c1cnn2c(C)cc(C)nc12)C(=O)O. The number of nitrogens with zero attached hydrogens (tertiary/aromatic N) is 3. The number of hydrogen-bond donors (Lipinski definition) is 2. The molecule has 1 atom stereocenters. The average Bonchev–Trinajstić information content (AvgIpc) is 2.81. The van der Waals surface area contributed by atoms with E-state index < -0.39 is 17.9 Å². The van der Waals surface area contributed by atoms with Crippen LogP contribution in [0, 0.1) is 13.8 Å².